The van der Waals surface area contributed by atoms with Gasteiger partial charge >= 0.3 is 0 Å². The van der Waals surface area contributed by atoms with E-state index in [9.17, 15) is 0 Å². The van der Waals surface area contributed by atoms with Gasteiger partial charge in [0.2, 0.25) is 5.95 Å². The molecule has 7 heteroatoms. The van der Waals surface area contributed by atoms with Crippen molar-refractivity contribution in [3.63, 3.8) is 0 Å². The zero-order chi connectivity index (χ0) is 37.9. The van der Waals surface area contributed by atoms with Crippen molar-refractivity contribution in [3.05, 3.63) is 182 Å². The van der Waals surface area contributed by atoms with Gasteiger partial charge in [-0.15, -0.1) is 0 Å². The number of hydrogen-bond donors (Lipinski definition) is 0. The number of aromatic nitrogens is 6. The Morgan fingerprint density at radius 1 is 0.414 bits per heavy atom. The SMILES string of the molecule is c1cc(-c2nc(-c3cccc4ccccc34)nc(-n3c4ccccc4c4c5cccc6c5n(c43)-c3ccccc3S6)n2)cc(-n2c3ccccc3c3ccccc32)c1. The number of para-hydroxylation sites is 5. The van der Waals surface area contributed by atoms with Gasteiger partial charge in [-0.3, -0.25) is 9.13 Å². The number of benzene rings is 8. The summed E-state index contributed by atoms with van der Waals surface area (Å²) in [6.07, 6.45) is 0. The summed E-state index contributed by atoms with van der Waals surface area (Å²) in [6.45, 7) is 0. The van der Waals surface area contributed by atoms with Crippen molar-refractivity contribution in [1.82, 2.24) is 28.7 Å². The molecule has 0 spiro atoms. The molecule has 13 rings (SSSR count). The zero-order valence-corrected chi connectivity index (χ0v) is 31.7. The van der Waals surface area contributed by atoms with Crippen LogP contribution in [0.15, 0.2) is 192 Å². The van der Waals surface area contributed by atoms with Gasteiger partial charge in [-0.25, -0.2) is 4.98 Å². The van der Waals surface area contributed by atoms with Crippen LogP contribution >= 0.6 is 11.8 Å². The molecule has 0 bridgehead atoms. The fourth-order valence-corrected chi connectivity index (χ4v) is 10.3. The lowest BCUT2D eigenvalue weighted by molar-refractivity contribution is 0.927. The highest BCUT2D eigenvalue weighted by molar-refractivity contribution is 7.99. The van der Waals surface area contributed by atoms with Crippen molar-refractivity contribution in [1.29, 1.82) is 0 Å². The van der Waals surface area contributed by atoms with Crippen LogP contribution in [0.3, 0.4) is 0 Å². The van der Waals surface area contributed by atoms with Crippen LogP contribution < -0.4 is 0 Å². The van der Waals surface area contributed by atoms with Crippen LogP contribution in [0, 0.1) is 0 Å². The summed E-state index contributed by atoms with van der Waals surface area (Å²) in [5.41, 5.74) is 9.65. The van der Waals surface area contributed by atoms with Crippen LogP contribution in [0.5, 0.6) is 0 Å². The Labute approximate surface area is 336 Å². The zero-order valence-electron chi connectivity index (χ0n) is 30.9. The first kappa shape index (κ1) is 31.7. The molecule has 0 N–H and O–H groups in total. The number of rotatable bonds is 4. The van der Waals surface area contributed by atoms with Crippen LogP contribution in [0.2, 0.25) is 0 Å². The van der Waals surface area contributed by atoms with Gasteiger partial charge < -0.3 is 4.57 Å². The normalized spacial score (nSPS) is 12.4. The topological polar surface area (TPSA) is 53.5 Å². The quantitative estimate of drug-likeness (QED) is 0.179. The highest BCUT2D eigenvalue weighted by Gasteiger charge is 2.29. The van der Waals surface area contributed by atoms with Crippen LogP contribution in [-0.4, -0.2) is 28.7 Å². The standard InChI is InChI=1S/C51H30N6S/c1-2-18-34-31(14-1)15-12-22-37(34)49-52-48(32-16-11-17-33(30-32)55-40-24-6-3-19-35(40)36-20-4-7-25-41(36)55)53-51(54-49)57-42-26-8-5-21-38(42)46-39-23-13-29-45-47(39)56(50(46)57)43-27-9-10-28-44(43)58-45/h1-30H. The molecule has 0 radical (unpaired) electrons. The number of hydrogen-bond acceptors (Lipinski definition) is 4. The molecule has 1 aliphatic heterocycles. The van der Waals surface area contributed by atoms with Gasteiger partial charge in [-0.2, -0.15) is 9.97 Å². The minimum absolute atomic E-state index is 0.567. The van der Waals surface area contributed by atoms with E-state index in [0.29, 0.717) is 17.6 Å². The summed E-state index contributed by atoms with van der Waals surface area (Å²) >= 11 is 1.83. The highest BCUT2D eigenvalue weighted by Crippen LogP contribution is 2.49. The smallest absolute Gasteiger partial charge is 0.239 e. The van der Waals surface area contributed by atoms with Gasteiger partial charge in [-0.1, -0.05) is 145 Å². The van der Waals surface area contributed by atoms with Crippen LogP contribution in [0.4, 0.5) is 0 Å². The molecular formula is C51H30N6S. The minimum atomic E-state index is 0.567. The third-order valence-electron chi connectivity index (χ3n) is 11.7. The van der Waals surface area contributed by atoms with E-state index in [1.807, 2.05) is 11.8 Å². The first-order valence-electron chi connectivity index (χ1n) is 19.5. The monoisotopic (exact) mass is 758 g/mol. The molecule has 12 aromatic rings. The second-order valence-corrected chi connectivity index (χ2v) is 15.9. The van der Waals surface area contributed by atoms with E-state index in [4.69, 9.17) is 15.0 Å². The maximum Gasteiger partial charge on any atom is 0.239 e. The molecule has 6 nitrogen and oxygen atoms in total. The summed E-state index contributed by atoms with van der Waals surface area (Å²) < 4.78 is 7.03. The Balaban J connectivity index is 1.13. The third kappa shape index (κ3) is 4.42. The lowest BCUT2D eigenvalue weighted by Gasteiger charge is -2.20. The molecule has 0 amide bonds. The average molecular weight is 759 g/mol. The summed E-state index contributed by atoms with van der Waals surface area (Å²) in [7, 11) is 0. The lowest BCUT2D eigenvalue weighted by Crippen LogP contribution is -2.10. The second kappa shape index (κ2) is 12.0. The van der Waals surface area contributed by atoms with Crippen molar-refractivity contribution in [2.24, 2.45) is 0 Å². The molecule has 4 aromatic heterocycles. The molecule has 0 unspecified atom stereocenters. The molecule has 58 heavy (non-hydrogen) atoms. The van der Waals surface area contributed by atoms with Gasteiger partial charge in [0.1, 0.15) is 5.65 Å². The molecule has 270 valence electrons. The first-order valence-corrected chi connectivity index (χ1v) is 20.3. The third-order valence-corrected chi connectivity index (χ3v) is 12.8. The van der Waals surface area contributed by atoms with Crippen molar-refractivity contribution in [2.75, 3.05) is 0 Å². The van der Waals surface area contributed by atoms with E-state index in [2.05, 4.69) is 196 Å². The molecule has 0 atom stereocenters. The van der Waals surface area contributed by atoms with E-state index in [0.717, 1.165) is 60.9 Å². The molecule has 1 aliphatic rings. The van der Waals surface area contributed by atoms with Crippen molar-refractivity contribution in [2.45, 2.75) is 9.79 Å². The van der Waals surface area contributed by atoms with Gasteiger partial charge in [0.15, 0.2) is 11.6 Å². The van der Waals surface area contributed by atoms with E-state index in [-0.39, 0.29) is 0 Å². The van der Waals surface area contributed by atoms with Crippen LogP contribution in [0.1, 0.15) is 0 Å². The average Bonchev–Trinajstić information content (AvgIpc) is 3.93. The maximum absolute atomic E-state index is 5.45. The van der Waals surface area contributed by atoms with Crippen LogP contribution in [0.25, 0.3) is 106 Å². The van der Waals surface area contributed by atoms with Crippen molar-refractivity contribution < 1.29 is 0 Å². The summed E-state index contributed by atoms with van der Waals surface area (Å²) in [5, 5.41) is 8.23. The Bertz CT molecular complexity index is 3620. The maximum atomic E-state index is 5.45. The van der Waals surface area contributed by atoms with Crippen LogP contribution in [-0.2, 0) is 0 Å². The molecule has 0 aliphatic carbocycles. The fraction of sp³-hybridized carbons (Fsp3) is 0. The number of fused-ring (bicyclic) bond motifs is 11. The van der Waals surface area contributed by atoms with Gasteiger partial charge in [-0.05, 0) is 59.3 Å². The fourth-order valence-electron chi connectivity index (χ4n) is 9.25. The highest BCUT2D eigenvalue weighted by atomic mass is 32.2. The molecule has 5 heterocycles. The largest absolute Gasteiger partial charge is 0.309 e. The van der Waals surface area contributed by atoms with Gasteiger partial charge in [0.25, 0.3) is 0 Å². The van der Waals surface area contributed by atoms with E-state index >= 15 is 0 Å². The van der Waals surface area contributed by atoms with E-state index in [1.165, 1.54) is 36.9 Å². The lowest BCUT2D eigenvalue weighted by atomic mass is 10.0. The van der Waals surface area contributed by atoms with Crippen molar-refractivity contribution in [3.8, 4) is 40.1 Å². The summed E-state index contributed by atoms with van der Waals surface area (Å²) in [6, 6.07) is 64.6. The Morgan fingerprint density at radius 2 is 1.02 bits per heavy atom. The Morgan fingerprint density at radius 3 is 1.84 bits per heavy atom. The number of nitrogens with zero attached hydrogens (tertiary/aromatic N) is 6. The first-order chi connectivity index (χ1) is 28.8. The predicted octanol–water partition coefficient (Wildman–Crippen LogP) is 13.0. The molecular weight excluding hydrogens is 729 g/mol. The summed E-state index contributed by atoms with van der Waals surface area (Å²) in [5.74, 6) is 1.79. The summed E-state index contributed by atoms with van der Waals surface area (Å²) in [4.78, 5) is 18.7. The van der Waals surface area contributed by atoms with E-state index in [1.54, 1.807) is 0 Å². The Hall–Kier alpha value is -7.48. The molecule has 0 saturated carbocycles. The van der Waals surface area contributed by atoms with E-state index < -0.39 is 0 Å². The minimum Gasteiger partial charge on any atom is -0.309 e. The molecule has 0 fully saturated rings. The van der Waals surface area contributed by atoms with Crippen molar-refractivity contribution >= 4 is 77.2 Å². The predicted molar refractivity (Wildman–Crippen MR) is 238 cm³/mol. The second-order valence-electron chi connectivity index (χ2n) is 14.8. The van der Waals surface area contributed by atoms with Gasteiger partial charge in [0.05, 0.1) is 27.8 Å². The Kier molecular flexibility index (Phi) is 6.56. The molecule has 8 aromatic carbocycles. The van der Waals surface area contributed by atoms with Gasteiger partial charge in [0, 0.05) is 53.5 Å². The molecule has 0 saturated heterocycles.